The van der Waals surface area contributed by atoms with Crippen LogP contribution in [0.15, 0.2) is 24.3 Å². The first kappa shape index (κ1) is 14.0. The number of benzene rings is 1. The molecule has 0 bridgehead atoms. The molecule has 0 aliphatic carbocycles. The van der Waals surface area contributed by atoms with Crippen molar-refractivity contribution in [2.24, 2.45) is 0 Å². The number of hydrogen-bond acceptors (Lipinski definition) is 4. The van der Waals surface area contributed by atoms with Gasteiger partial charge in [-0.25, -0.2) is 0 Å². The number of β-amino-alcohol motifs (C(OH)–C–C–N with tert-alkyl or cyclic N) is 1. The Labute approximate surface area is 114 Å². The minimum Gasteiger partial charge on any atom is -0.497 e. The van der Waals surface area contributed by atoms with Crippen LogP contribution < -0.4 is 4.74 Å². The zero-order valence-electron chi connectivity index (χ0n) is 11.6. The summed E-state index contributed by atoms with van der Waals surface area (Å²) in [5.41, 5.74) is -0.0167. The molecule has 1 atom stereocenters. The Balaban J connectivity index is 2.00. The van der Waals surface area contributed by atoms with Gasteiger partial charge in [-0.05, 0) is 38.4 Å². The third-order valence-corrected chi connectivity index (χ3v) is 3.51. The van der Waals surface area contributed by atoms with E-state index in [1.165, 1.54) is 0 Å². The van der Waals surface area contributed by atoms with E-state index in [0.29, 0.717) is 24.4 Å². The van der Waals surface area contributed by atoms with E-state index in [0.717, 1.165) is 19.4 Å². The minimum absolute atomic E-state index is 0.0663. The van der Waals surface area contributed by atoms with Gasteiger partial charge < -0.3 is 9.84 Å². The quantitative estimate of drug-likeness (QED) is 0.840. The van der Waals surface area contributed by atoms with E-state index in [2.05, 4.69) is 0 Å². The predicted octanol–water partition coefficient (Wildman–Crippen LogP) is 1.72. The second-order valence-corrected chi connectivity index (χ2v) is 5.47. The van der Waals surface area contributed by atoms with E-state index in [1.807, 2.05) is 24.0 Å². The van der Waals surface area contributed by atoms with Gasteiger partial charge in [-0.1, -0.05) is 12.1 Å². The first-order chi connectivity index (χ1) is 9.00. The summed E-state index contributed by atoms with van der Waals surface area (Å²) in [6.45, 7) is 3.60. The van der Waals surface area contributed by atoms with Crippen molar-refractivity contribution < 1.29 is 14.6 Å². The molecular weight excluding hydrogens is 242 g/mol. The molecule has 1 N–H and O–H groups in total. The maximum absolute atomic E-state index is 12.2. The molecule has 1 aromatic carbocycles. The molecule has 0 amide bonds. The monoisotopic (exact) mass is 263 g/mol. The molecule has 19 heavy (non-hydrogen) atoms. The average Bonchev–Trinajstić information content (AvgIpc) is 2.37. The fraction of sp³-hybridized carbons (Fsp3) is 0.533. The topological polar surface area (TPSA) is 49.8 Å². The molecule has 1 unspecified atom stereocenters. The van der Waals surface area contributed by atoms with Gasteiger partial charge in [-0.3, -0.25) is 9.69 Å². The summed E-state index contributed by atoms with van der Waals surface area (Å²) >= 11 is 0. The number of carbonyl (C=O) groups is 1. The van der Waals surface area contributed by atoms with Crippen molar-refractivity contribution in [1.82, 2.24) is 4.90 Å². The highest BCUT2D eigenvalue weighted by molar-refractivity contribution is 5.97. The number of aliphatic hydroxyl groups is 1. The number of likely N-dealkylation sites (tertiary alicyclic amines) is 1. The molecule has 1 aliphatic heterocycles. The van der Waals surface area contributed by atoms with Crippen LogP contribution in [-0.4, -0.2) is 48.1 Å². The zero-order chi connectivity index (χ0) is 13.9. The highest BCUT2D eigenvalue weighted by Gasteiger charge is 2.29. The lowest BCUT2D eigenvalue weighted by atomic mass is 9.95. The van der Waals surface area contributed by atoms with Crippen LogP contribution in [0.4, 0.5) is 0 Å². The normalized spacial score (nSPS) is 24.2. The maximum Gasteiger partial charge on any atom is 0.176 e. The second kappa shape index (κ2) is 5.72. The molecule has 4 heteroatoms. The summed E-state index contributed by atoms with van der Waals surface area (Å²) in [5.74, 6) is 0.757. The molecule has 1 heterocycles. The third-order valence-electron chi connectivity index (χ3n) is 3.51. The van der Waals surface area contributed by atoms with Gasteiger partial charge in [0.05, 0.1) is 19.3 Å². The van der Waals surface area contributed by atoms with E-state index in [-0.39, 0.29) is 5.78 Å². The summed E-state index contributed by atoms with van der Waals surface area (Å²) in [6.07, 6.45) is 1.73. The summed E-state index contributed by atoms with van der Waals surface area (Å²) in [7, 11) is 1.59. The van der Waals surface area contributed by atoms with Crippen molar-refractivity contribution in [3.8, 4) is 5.75 Å². The van der Waals surface area contributed by atoms with Gasteiger partial charge in [0.15, 0.2) is 5.78 Å². The van der Waals surface area contributed by atoms with Gasteiger partial charge >= 0.3 is 0 Å². The van der Waals surface area contributed by atoms with Gasteiger partial charge in [0, 0.05) is 12.1 Å². The molecule has 0 saturated carbocycles. The number of piperidine rings is 1. The lowest BCUT2D eigenvalue weighted by Gasteiger charge is -2.36. The number of ketones is 1. The van der Waals surface area contributed by atoms with Crippen molar-refractivity contribution in [3.05, 3.63) is 29.8 Å². The van der Waals surface area contributed by atoms with E-state index in [9.17, 15) is 9.90 Å². The first-order valence-corrected chi connectivity index (χ1v) is 6.62. The Morgan fingerprint density at radius 3 is 3.00 bits per heavy atom. The van der Waals surface area contributed by atoms with E-state index in [4.69, 9.17) is 4.74 Å². The van der Waals surface area contributed by atoms with Crippen molar-refractivity contribution in [1.29, 1.82) is 0 Å². The van der Waals surface area contributed by atoms with Gasteiger partial charge in [0.25, 0.3) is 0 Å². The first-order valence-electron chi connectivity index (χ1n) is 6.62. The Morgan fingerprint density at radius 1 is 1.53 bits per heavy atom. The van der Waals surface area contributed by atoms with E-state index < -0.39 is 5.60 Å². The fourth-order valence-corrected chi connectivity index (χ4v) is 2.55. The Bertz CT molecular complexity index is 456. The number of nitrogens with zero attached hydrogens (tertiary/aromatic N) is 1. The molecule has 1 fully saturated rings. The van der Waals surface area contributed by atoms with Crippen LogP contribution in [0, 0.1) is 0 Å². The molecule has 1 aliphatic rings. The van der Waals surface area contributed by atoms with Crippen molar-refractivity contribution in [3.63, 3.8) is 0 Å². The number of Topliss-reactive ketones (excluding diaryl/α,β-unsaturated/α-hetero) is 1. The zero-order valence-corrected chi connectivity index (χ0v) is 11.6. The number of hydrogen-bond donors (Lipinski definition) is 1. The SMILES string of the molecule is COc1cccc(C(=O)CN2CCCC(C)(O)C2)c1. The third kappa shape index (κ3) is 3.78. The van der Waals surface area contributed by atoms with Crippen LogP contribution in [0.1, 0.15) is 30.1 Å². The Kier molecular flexibility index (Phi) is 4.22. The molecule has 2 rings (SSSR count). The van der Waals surface area contributed by atoms with Gasteiger partial charge in [-0.15, -0.1) is 0 Å². The van der Waals surface area contributed by atoms with Crippen LogP contribution in [0.2, 0.25) is 0 Å². The summed E-state index contributed by atoms with van der Waals surface area (Å²) in [5, 5.41) is 10.0. The largest absolute Gasteiger partial charge is 0.497 e. The molecule has 0 spiro atoms. The molecular formula is C15H21NO3. The van der Waals surface area contributed by atoms with Crippen LogP contribution >= 0.6 is 0 Å². The van der Waals surface area contributed by atoms with Crippen molar-refractivity contribution >= 4 is 5.78 Å². The fourth-order valence-electron chi connectivity index (χ4n) is 2.55. The van der Waals surface area contributed by atoms with Crippen molar-refractivity contribution in [2.45, 2.75) is 25.4 Å². The highest BCUT2D eigenvalue weighted by atomic mass is 16.5. The van der Waals surface area contributed by atoms with Gasteiger partial charge in [0.2, 0.25) is 0 Å². The number of rotatable bonds is 4. The molecule has 0 aromatic heterocycles. The Hall–Kier alpha value is -1.39. The number of carbonyl (C=O) groups excluding carboxylic acids is 1. The van der Waals surface area contributed by atoms with Gasteiger partial charge in [-0.2, -0.15) is 0 Å². The lowest BCUT2D eigenvalue weighted by Crippen LogP contribution is -2.47. The lowest BCUT2D eigenvalue weighted by molar-refractivity contribution is -0.0133. The minimum atomic E-state index is -0.674. The van der Waals surface area contributed by atoms with E-state index in [1.54, 1.807) is 19.2 Å². The highest BCUT2D eigenvalue weighted by Crippen LogP contribution is 2.21. The maximum atomic E-state index is 12.2. The smallest absolute Gasteiger partial charge is 0.176 e. The van der Waals surface area contributed by atoms with E-state index >= 15 is 0 Å². The van der Waals surface area contributed by atoms with Crippen LogP contribution in [0.25, 0.3) is 0 Å². The average molecular weight is 263 g/mol. The van der Waals surface area contributed by atoms with Crippen molar-refractivity contribution in [2.75, 3.05) is 26.7 Å². The summed E-state index contributed by atoms with van der Waals surface area (Å²) in [4.78, 5) is 14.2. The molecule has 1 saturated heterocycles. The van der Waals surface area contributed by atoms with Crippen LogP contribution in [-0.2, 0) is 0 Å². The molecule has 104 valence electrons. The molecule has 0 radical (unpaired) electrons. The molecule has 4 nitrogen and oxygen atoms in total. The Morgan fingerprint density at radius 2 is 2.32 bits per heavy atom. The summed E-state index contributed by atoms with van der Waals surface area (Å²) < 4.78 is 5.12. The van der Waals surface area contributed by atoms with Gasteiger partial charge in [0.1, 0.15) is 5.75 Å². The number of ether oxygens (including phenoxy) is 1. The predicted molar refractivity (Wildman–Crippen MR) is 73.6 cm³/mol. The number of methoxy groups -OCH3 is 1. The molecule has 1 aromatic rings. The van der Waals surface area contributed by atoms with Crippen LogP contribution in [0.3, 0.4) is 0 Å². The summed E-state index contributed by atoms with van der Waals surface area (Å²) in [6, 6.07) is 7.19. The second-order valence-electron chi connectivity index (χ2n) is 5.47. The standard InChI is InChI=1S/C15H21NO3/c1-15(18)7-4-8-16(11-15)10-14(17)12-5-3-6-13(9-12)19-2/h3,5-6,9,18H,4,7-8,10-11H2,1-2H3. The van der Waals surface area contributed by atoms with Crippen LogP contribution in [0.5, 0.6) is 5.75 Å².